The van der Waals surface area contributed by atoms with Crippen molar-refractivity contribution in [2.45, 2.75) is 19.9 Å². The van der Waals surface area contributed by atoms with Crippen LogP contribution in [0.4, 0.5) is 5.95 Å². The Balaban J connectivity index is 1.51. The van der Waals surface area contributed by atoms with Gasteiger partial charge in [0.25, 0.3) is 5.91 Å². The number of nitrogens with one attached hydrogen (secondary N) is 1. The molecule has 8 nitrogen and oxygen atoms in total. The second-order valence-electron chi connectivity index (χ2n) is 8.35. The van der Waals surface area contributed by atoms with Gasteiger partial charge in [-0.2, -0.15) is 0 Å². The zero-order valence-corrected chi connectivity index (χ0v) is 18.3. The lowest BCUT2D eigenvalue weighted by atomic mass is 9.99. The first-order chi connectivity index (χ1) is 16.4. The molecule has 0 saturated carbocycles. The third kappa shape index (κ3) is 2.96. The third-order valence-corrected chi connectivity index (χ3v) is 5.99. The zero-order valence-electron chi connectivity index (χ0n) is 18.3. The maximum absolute atomic E-state index is 13.6. The topological polar surface area (TPSA) is 113 Å². The van der Waals surface area contributed by atoms with E-state index in [9.17, 15) is 14.7 Å². The molecule has 0 saturated heterocycles. The van der Waals surface area contributed by atoms with Crippen LogP contribution in [-0.2, 0) is 4.79 Å². The molecule has 1 aliphatic heterocycles. The number of aromatic amines is 1. The van der Waals surface area contributed by atoms with E-state index >= 15 is 0 Å². The summed E-state index contributed by atoms with van der Waals surface area (Å²) in [4.78, 5) is 35.8. The van der Waals surface area contributed by atoms with Gasteiger partial charge in [-0.3, -0.25) is 14.5 Å². The number of aliphatic hydroxyl groups is 1. The van der Waals surface area contributed by atoms with Crippen molar-refractivity contribution in [3.05, 3.63) is 94.8 Å². The van der Waals surface area contributed by atoms with E-state index in [1.54, 1.807) is 37.3 Å². The van der Waals surface area contributed by atoms with E-state index in [4.69, 9.17) is 8.83 Å². The van der Waals surface area contributed by atoms with Gasteiger partial charge < -0.3 is 18.9 Å². The van der Waals surface area contributed by atoms with Gasteiger partial charge in [-0.1, -0.05) is 24.3 Å². The highest BCUT2D eigenvalue weighted by atomic mass is 16.4. The van der Waals surface area contributed by atoms with Gasteiger partial charge in [-0.05, 0) is 55.8 Å². The number of hydrogen-bond donors (Lipinski definition) is 2. The number of anilines is 1. The van der Waals surface area contributed by atoms with Crippen molar-refractivity contribution < 1.29 is 23.5 Å². The van der Waals surface area contributed by atoms with E-state index < -0.39 is 23.5 Å². The Bertz CT molecular complexity index is 1620. The minimum absolute atomic E-state index is 0.0194. The standard InChI is InChI=1S/C26H19N3O5/c1-13-7-9-16-17(11-13)28-26(27-16)29-22(19-10-8-14(2)33-19)21(24(31)25(29)32)23(30)20-12-15-5-3-4-6-18(15)34-20/h3-12,22,31H,1-2H3,(H,27,28). The number of hydrogen-bond acceptors (Lipinski definition) is 6. The molecule has 0 bridgehead atoms. The fraction of sp³-hybridized carbons (Fsp3) is 0.115. The van der Waals surface area contributed by atoms with Crippen molar-refractivity contribution in [3.8, 4) is 0 Å². The van der Waals surface area contributed by atoms with Gasteiger partial charge in [0.15, 0.2) is 11.5 Å². The number of benzene rings is 2. The number of aliphatic hydroxyl groups excluding tert-OH is 1. The summed E-state index contributed by atoms with van der Waals surface area (Å²) in [5.41, 5.74) is 2.81. The lowest BCUT2D eigenvalue weighted by Crippen LogP contribution is -2.31. The molecule has 3 aromatic heterocycles. The summed E-state index contributed by atoms with van der Waals surface area (Å²) in [6.45, 7) is 3.71. The van der Waals surface area contributed by atoms with Crippen LogP contribution in [0.3, 0.4) is 0 Å². The fourth-order valence-corrected chi connectivity index (χ4v) is 4.38. The monoisotopic (exact) mass is 453 g/mol. The Labute approximate surface area is 193 Å². The highest BCUT2D eigenvalue weighted by Crippen LogP contribution is 2.42. The molecule has 4 heterocycles. The molecule has 0 radical (unpaired) electrons. The van der Waals surface area contributed by atoms with Crippen molar-refractivity contribution in [2.24, 2.45) is 0 Å². The quantitative estimate of drug-likeness (QED) is 0.357. The van der Waals surface area contributed by atoms with E-state index in [2.05, 4.69) is 9.97 Å². The minimum Gasteiger partial charge on any atom is -0.503 e. The van der Waals surface area contributed by atoms with Crippen LogP contribution in [0.15, 0.2) is 80.8 Å². The number of carbonyl (C=O) groups is 2. The number of aromatic nitrogens is 2. The average molecular weight is 453 g/mol. The normalized spacial score (nSPS) is 16.4. The van der Waals surface area contributed by atoms with Crippen LogP contribution in [-0.4, -0.2) is 26.8 Å². The summed E-state index contributed by atoms with van der Waals surface area (Å²) >= 11 is 0. The summed E-state index contributed by atoms with van der Waals surface area (Å²) in [6, 6.07) is 16.8. The summed E-state index contributed by atoms with van der Waals surface area (Å²) < 4.78 is 11.6. The number of carbonyl (C=O) groups excluding carboxylic acids is 2. The Hall–Kier alpha value is -4.59. The van der Waals surface area contributed by atoms with Crippen molar-refractivity contribution in [1.82, 2.24) is 9.97 Å². The van der Waals surface area contributed by atoms with Crippen LogP contribution >= 0.6 is 0 Å². The van der Waals surface area contributed by atoms with Crippen LogP contribution in [0.1, 0.15) is 33.7 Å². The molecule has 6 rings (SSSR count). The van der Waals surface area contributed by atoms with Gasteiger partial charge >= 0.3 is 0 Å². The molecule has 34 heavy (non-hydrogen) atoms. The molecule has 1 aliphatic rings. The van der Waals surface area contributed by atoms with E-state index in [-0.39, 0.29) is 17.3 Å². The minimum atomic E-state index is -1.02. The predicted molar refractivity (Wildman–Crippen MR) is 125 cm³/mol. The number of ketones is 1. The van der Waals surface area contributed by atoms with Gasteiger partial charge in [0.05, 0.1) is 16.6 Å². The first-order valence-electron chi connectivity index (χ1n) is 10.7. The number of Topliss-reactive ketones (excluding diaryl/α,β-unsaturated/α-hetero) is 1. The van der Waals surface area contributed by atoms with Crippen molar-refractivity contribution in [2.75, 3.05) is 4.90 Å². The van der Waals surface area contributed by atoms with Gasteiger partial charge in [-0.25, -0.2) is 4.98 Å². The maximum atomic E-state index is 13.6. The number of rotatable bonds is 4. The Morgan fingerprint density at radius 2 is 1.88 bits per heavy atom. The molecule has 1 atom stereocenters. The van der Waals surface area contributed by atoms with E-state index in [1.165, 1.54) is 4.90 Å². The molecule has 1 unspecified atom stereocenters. The van der Waals surface area contributed by atoms with E-state index in [1.807, 2.05) is 37.3 Å². The number of para-hydroxylation sites is 1. The number of aryl methyl sites for hydroxylation is 2. The number of imidazole rings is 1. The number of nitrogens with zero attached hydrogens (tertiary/aromatic N) is 2. The zero-order chi connectivity index (χ0) is 23.6. The molecule has 2 aromatic carbocycles. The predicted octanol–water partition coefficient (Wildman–Crippen LogP) is 5.30. The first-order valence-corrected chi connectivity index (χ1v) is 10.7. The number of furan rings is 2. The lowest BCUT2D eigenvalue weighted by molar-refractivity contribution is -0.117. The molecule has 2 N–H and O–H groups in total. The van der Waals surface area contributed by atoms with Crippen molar-refractivity contribution >= 4 is 39.6 Å². The fourth-order valence-electron chi connectivity index (χ4n) is 4.38. The molecule has 8 heteroatoms. The lowest BCUT2D eigenvalue weighted by Gasteiger charge is -2.22. The summed E-state index contributed by atoms with van der Waals surface area (Å²) in [5, 5.41) is 11.6. The van der Waals surface area contributed by atoms with Crippen LogP contribution < -0.4 is 4.90 Å². The summed E-state index contributed by atoms with van der Waals surface area (Å²) in [6.07, 6.45) is 0. The van der Waals surface area contributed by atoms with Gasteiger partial charge in [-0.15, -0.1) is 0 Å². The number of H-pyrrole nitrogens is 1. The maximum Gasteiger partial charge on any atom is 0.296 e. The second-order valence-corrected chi connectivity index (χ2v) is 8.35. The Kier molecular flexibility index (Phi) is 4.25. The Morgan fingerprint density at radius 1 is 1.06 bits per heavy atom. The number of amides is 1. The van der Waals surface area contributed by atoms with Gasteiger partial charge in [0, 0.05) is 5.39 Å². The number of fused-ring (bicyclic) bond motifs is 2. The molecular formula is C26H19N3O5. The van der Waals surface area contributed by atoms with Crippen LogP contribution in [0.25, 0.3) is 22.0 Å². The Morgan fingerprint density at radius 3 is 2.65 bits per heavy atom. The molecule has 0 spiro atoms. The van der Waals surface area contributed by atoms with E-state index in [0.717, 1.165) is 16.5 Å². The van der Waals surface area contributed by atoms with E-state index in [0.29, 0.717) is 22.6 Å². The van der Waals surface area contributed by atoms with Crippen molar-refractivity contribution in [1.29, 1.82) is 0 Å². The second kappa shape index (κ2) is 7.21. The average Bonchev–Trinajstić information content (AvgIpc) is 3.58. The highest BCUT2D eigenvalue weighted by molar-refractivity contribution is 6.20. The highest BCUT2D eigenvalue weighted by Gasteiger charge is 2.48. The molecule has 0 fully saturated rings. The third-order valence-electron chi connectivity index (χ3n) is 5.99. The summed E-state index contributed by atoms with van der Waals surface area (Å²) in [7, 11) is 0. The van der Waals surface area contributed by atoms with Crippen LogP contribution in [0, 0.1) is 13.8 Å². The molecule has 0 aliphatic carbocycles. The van der Waals surface area contributed by atoms with Gasteiger partial charge in [0.2, 0.25) is 11.7 Å². The first kappa shape index (κ1) is 20.0. The van der Waals surface area contributed by atoms with Gasteiger partial charge in [0.1, 0.15) is 23.1 Å². The SMILES string of the molecule is Cc1ccc2nc(N3C(=O)C(O)=C(C(=O)c4cc5ccccc5o4)C3c3ccc(C)o3)[nH]c2c1. The summed E-state index contributed by atoms with van der Waals surface area (Å²) in [5.74, 6) is -0.879. The van der Waals surface area contributed by atoms with Crippen LogP contribution in [0.5, 0.6) is 0 Å². The molecule has 168 valence electrons. The molecular weight excluding hydrogens is 434 g/mol. The molecule has 1 amide bonds. The largest absolute Gasteiger partial charge is 0.503 e. The molecule has 5 aromatic rings. The van der Waals surface area contributed by atoms with Crippen molar-refractivity contribution in [3.63, 3.8) is 0 Å². The smallest absolute Gasteiger partial charge is 0.296 e. The van der Waals surface area contributed by atoms with Crippen LogP contribution in [0.2, 0.25) is 0 Å².